The molecule has 0 fully saturated rings. The van der Waals surface area contributed by atoms with E-state index in [1.807, 2.05) is 97.1 Å². The first-order valence-electron chi connectivity index (χ1n) is 23.9. The van der Waals surface area contributed by atoms with E-state index in [0.29, 0.717) is 23.2 Å². The van der Waals surface area contributed by atoms with Crippen molar-refractivity contribution in [3.63, 3.8) is 0 Å². The van der Waals surface area contributed by atoms with Gasteiger partial charge in [-0.15, -0.1) is 0 Å². The molecular weight excluding hydrogens is 885 g/mol. The lowest BCUT2D eigenvalue weighted by Gasteiger charge is -2.20. The number of nitrogens with zero attached hydrogens (tertiary/aromatic N) is 6. The first-order valence-corrected chi connectivity index (χ1v) is 23.9. The summed E-state index contributed by atoms with van der Waals surface area (Å²) in [5.41, 5.74) is 14.0. The highest BCUT2D eigenvalue weighted by molar-refractivity contribution is 6.25. The second kappa shape index (κ2) is 15.5. The van der Waals surface area contributed by atoms with Crippen molar-refractivity contribution in [2.24, 2.45) is 0 Å². The van der Waals surface area contributed by atoms with Crippen molar-refractivity contribution in [2.75, 3.05) is 0 Å². The maximum absolute atomic E-state index is 8.38. The third-order valence-corrected chi connectivity index (χ3v) is 14.2. The number of fused-ring (bicyclic) bond motifs is 14. The van der Waals surface area contributed by atoms with Crippen molar-refractivity contribution < 1.29 is 8.83 Å². The number of rotatable bonds is 6. The fourth-order valence-electron chi connectivity index (χ4n) is 11.0. The SMILES string of the molecule is [C-]#[N+]c1ccc(-n2c3ccccc3c3c4oc5ccccc5c4ccc32)c(-c2ccc(-c3nc(-c4ccccc4)nc(-c4ccccc4)n3)cc2-n2c3ccccc3c3c4oc5ccccc5c4ccc32)c1. The van der Waals surface area contributed by atoms with Crippen molar-refractivity contribution >= 4 is 93.2 Å². The van der Waals surface area contributed by atoms with E-state index in [1.54, 1.807) is 0 Å². The Hall–Kier alpha value is -10.1. The molecule has 0 bridgehead atoms. The molecule has 0 saturated carbocycles. The molecule has 0 spiro atoms. The molecule has 0 radical (unpaired) electrons. The van der Waals surface area contributed by atoms with E-state index in [2.05, 4.69) is 135 Å². The van der Waals surface area contributed by atoms with Gasteiger partial charge in [0.05, 0.1) is 50.8 Å². The van der Waals surface area contributed by atoms with Crippen LogP contribution in [0.1, 0.15) is 0 Å². The van der Waals surface area contributed by atoms with Crippen molar-refractivity contribution in [1.82, 2.24) is 24.1 Å². The van der Waals surface area contributed by atoms with Crippen LogP contribution in [-0.2, 0) is 0 Å². The maximum atomic E-state index is 8.38. The van der Waals surface area contributed by atoms with Crippen LogP contribution in [0.3, 0.4) is 0 Å². The van der Waals surface area contributed by atoms with E-state index >= 15 is 0 Å². The van der Waals surface area contributed by atoms with E-state index in [4.69, 9.17) is 30.4 Å². The zero-order valence-corrected chi connectivity index (χ0v) is 38.3. The molecule has 5 heterocycles. The fourth-order valence-corrected chi connectivity index (χ4v) is 11.0. The second-order valence-electron chi connectivity index (χ2n) is 18.2. The summed E-state index contributed by atoms with van der Waals surface area (Å²) in [5, 5.41) is 8.44. The van der Waals surface area contributed by atoms with Gasteiger partial charge in [0.1, 0.15) is 22.3 Å². The van der Waals surface area contributed by atoms with Crippen molar-refractivity contribution in [1.29, 1.82) is 0 Å². The summed E-state index contributed by atoms with van der Waals surface area (Å²) in [6.45, 7) is 8.38. The maximum Gasteiger partial charge on any atom is 0.188 e. The van der Waals surface area contributed by atoms with E-state index < -0.39 is 0 Å². The zero-order chi connectivity index (χ0) is 47.4. The monoisotopic (exact) mass is 920 g/mol. The molecule has 0 aliphatic rings. The van der Waals surface area contributed by atoms with Gasteiger partial charge in [-0.2, -0.15) is 0 Å². The van der Waals surface area contributed by atoms with Crippen LogP contribution in [0, 0.1) is 6.57 Å². The zero-order valence-electron chi connectivity index (χ0n) is 38.3. The number of hydrogen-bond donors (Lipinski definition) is 0. The lowest BCUT2D eigenvalue weighted by atomic mass is 9.97. The molecule has 0 N–H and O–H groups in total. The third kappa shape index (κ3) is 5.89. The van der Waals surface area contributed by atoms with Gasteiger partial charge in [0.25, 0.3) is 0 Å². The summed E-state index contributed by atoms with van der Waals surface area (Å²) >= 11 is 0. The highest BCUT2D eigenvalue weighted by Crippen LogP contribution is 2.47. The van der Waals surface area contributed by atoms with Gasteiger partial charge in [0.2, 0.25) is 0 Å². The van der Waals surface area contributed by atoms with E-state index in [1.165, 1.54) is 0 Å². The Morgan fingerprint density at radius 2 is 0.819 bits per heavy atom. The van der Waals surface area contributed by atoms with E-state index in [-0.39, 0.29) is 0 Å². The van der Waals surface area contributed by atoms with Gasteiger partial charge in [-0.05, 0) is 72.3 Å². The second-order valence-corrected chi connectivity index (χ2v) is 18.2. The molecule has 72 heavy (non-hydrogen) atoms. The molecule has 15 aromatic rings. The number of hydrogen-bond acceptors (Lipinski definition) is 5. The highest BCUT2D eigenvalue weighted by atomic mass is 16.3. The third-order valence-electron chi connectivity index (χ3n) is 14.2. The molecule has 0 amide bonds. The van der Waals surface area contributed by atoms with Crippen LogP contribution in [0.2, 0.25) is 0 Å². The van der Waals surface area contributed by atoms with Crippen LogP contribution in [0.15, 0.2) is 227 Å². The smallest absolute Gasteiger partial charge is 0.188 e. The Bertz CT molecular complexity index is 4710. The average Bonchev–Trinajstić information content (AvgIpc) is 4.21. The predicted molar refractivity (Wildman–Crippen MR) is 291 cm³/mol. The van der Waals surface area contributed by atoms with Crippen molar-refractivity contribution in [3.8, 4) is 56.7 Å². The van der Waals surface area contributed by atoms with Gasteiger partial charge >= 0.3 is 0 Å². The summed E-state index contributed by atoms with van der Waals surface area (Å²) in [4.78, 5) is 19.5. The summed E-state index contributed by atoms with van der Waals surface area (Å²) in [6.07, 6.45) is 0. The van der Waals surface area contributed by atoms with Gasteiger partial charge in [0.15, 0.2) is 23.2 Å². The highest BCUT2D eigenvalue weighted by Gasteiger charge is 2.25. The van der Waals surface area contributed by atoms with Gasteiger partial charge in [-0.1, -0.05) is 152 Å². The summed E-state index contributed by atoms with van der Waals surface area (Å²) < 4.78 is 18.2. The summed E-state index contributed by atoms with van der Waals surface area (Å²) in [5.74, 6) is 1.68. The molecule has 0 saturated heterocycles. The van der Waals surface area contributed by atoms with Gasteiger partial charge in [-0.25, -0.2) is 19.8 Å². The molecule has 0 unspecified atom stereocenters. The molecule has 0 aliphatic carbocycles. The number of aromatic nitrogens is 5. The lowest BCUT2D eigenvalue weighted by Crippen LogP contribution is -2.03. The molecule has 15 rings (SSSR count). The summed E-state index contributed by atoms with van der Waals surface area (Å²) in [6, 6.07) is 74.8. The van der Waals surface area contributed by atoms with Gasteiger partial charge in [0, 0.05) is 54.6 Å². The fraction of sp³-hybridized carbons (Fsp3) is 0. The van der Waals surface area contributed by atoms with Crippen LogP contribution in [0.5, 0.6) is 0 Å². The Balaban J connectivity index is 1.06. The predicted octanol–water partition coefficient (Wildman–Crippen LogP) is 17.1. The number of furan rings is 2. The standard InChI is InChI=1S/C64H36N6O2/c1-65-41-29-33-52(69-50-24-12-8-22-47(50)58-53(69)34-31-45-43-20-10-14-26-56(43)71-60(45)58)49(37-41)42-30-28-40(64-67-62(38-16-4-2-5-17-38)66-63(68-64)39-18-6-3-7-19-39)36-55(42)70-51-25-13-9-23-48(51)59-54(70)35-32-46-44-21-11-15-27-57(44)72-61(46)59/h2-37H. The van der Waals surface area contributed by atoms with Crippen LogP contribution in [0.4, 0.5) is 5.69 Å². The van der Waals surface area contributed by atoms with Crippen molar-refractivity contribution in [3.05, 3.63) is 230 Å². The minimum Gasteiger partial charge on any atom is -0.455 e. The molecule has 0 aliphatic heterocycles. The molecule has 10 aromatic carbocycles. The summed E-state index contributed by atoms with van der Waals surface area (Å²) in [7, 11) is 0. The number of para-hydroxylation sites is 4. The Labute approximate surface area is 410 Å². The molecular formula is C64H36N6O2. The van der Waals surface area contributed by atoms with E-state index in [0.717, 1.165) is 127 Å². The van der Waals surface area contributed by atoms with Crippen molar-refractivity contribution in [2.45, 2.75) is 0 Å². The molecule has 5 aromatic heterocycles. The average molecular weight is 921 g/mol. The van der Waals surface area contributed by atoms with Gasteiger partial charge in [-0.3, -0.25) is 0 Å². The minimum absolute atomic E-state index is 0.521. The topological polar surface area (TPSA) is 79.2 Å². The first-order chi connectivity index (χ1) is 35.7. The van der Waals surface area contributed by atoms with Crippen LogP contribution < -0.4 is 0 Å². The normalized spacial score (nSPS) is 11.9. The molecule has 8 nitrogen and oxygen atoms in total. The first kappa shape index (κ1) is 39.9. The minimum atomic E-state index is 0.521. The number of benzene rings is 10. The Morgan fingerprint density at radius 3 is 1.36 bits per heavy atom. The van der Waals surface area contributed by atoms with E-state index in [9.17, 15) is 0 Å². The molecule has 334 valence electrons. The quantitative estimate of drug-likeness (QED) is 0.155. The van der Waals surface area contributed by atoms with Crippen LogP contribution >= 0.6 is 0 Å². The Kier molecular flexibility index (Phi) is 8.55. The van der Waals surface area contributed by atoms with Gasteiger partial charge < -0.3 is 18.0 Å². The lowest BCUT2D eigenvalue weighted by molar-refractivity contribution is 0.672. The van der Waals surface area contributed by atoms with Crippen LogP contribution in [-0.4, -0.2) is 24.1 Å². The Morgan fingerprint density at radius 1 is 0.347 bits per heavy atom. The molecule has 0 atom stereocenters. The van der Waals surface area contributed by atoms with Crippen LogP contribution in [0.25, 0.3) is 149 Å². The largest absolute Gasteiger partial charge is 0.455 e. The molecule has 8 heteroatoms.